The third-order valence-corrected chi connectivity index (χ3v) is 3.89. The summed E-state index contributed by atoms with van der Waals surface area (Å²) >= 11 is 36.3. The van der Waals surface area contributed by atoms with E-state index in [0.717, 1.165) is 0 Å². The molecule has 0 aliphatic rings. The number of halogens is 6. The van der Waals surface area contributed by atoms with E-state index < -0.39 is 0 Å². The van der Waals surface area contributed by atoms with Gasteiger partial charge < -0.3 is 0 Å². The zero-order valence-electron chi connectivity index (χ0n) is 8.58. The average molecular weight is 373 g/mol. The van der Waals surface area contributed by atoms with Gasteiger partial charge in [-0.2, -0.15) is 0 Å². The Hall–Kier alpha value is 0.180. The van der Waals surface area contributed by atoms with Gasteiger partial charge in [-0.3, -0.25) is 0 Å². The first-order valence-corrected chi connectivity index (χ1v) is 6.96. The first kappa shape index (κ1) is 14.6. The van der Waals surface area contributed by atoms with Gasteiger partial charge in [0, 0.05) is 21.2 Å². The Labute approximate surface area is 134 Å². The van der Waals surface area contributed by atoms with E-state index in [0.29, 0.717) is 41.3 Å². The van der Waals surface area contributed by atoms with Crippen LogP contribution in [0.25, 0.3) is 11.1 Å². The monoisotopic (exact) mass is 370 g/mol. The normalized spacial score (nSPS) is 10.8. The van der Waals surface area contributed by atoms with E-state index in [-0.39, 0.29) is 0 Å². The summed E-state index contributed by atoms with van der Waals surface area (Å²) in [4.78, 5) is 0. The van der Waals surface area contributed by atoms with Crippen LogP contribution in [0.5, 0.6) is 0 Å². The predicted molar refractivity (Wildman–Crippen MR) is 81.9 cm³/mol. The van der Waals surface area contributed by atoms with Crippen molar-refractivity contribution in [3.63, 3.8) is 0 Å². The number of benzene rings is 2. The number of hydrogen-bond acceptors (Lipinski definition) is 0. The Morgan fingerprint density at radius 2 is 0.667 bits per heavy atom. The molecular weight excluding hydrogens is 369 g/mol. The van der Waals surface area contributed by atoms with E-state index in [9.17, 15) is 0 Å². The maximum Gasteiger partial charge on any atom is 0.0515 e. The van der Waals surface area contributed by atoms with E-state index in [1.54, 1.807) is 24.3 Å². The fourth-order valence-corrected chi connectivity index (χ4v) is 3.57. The molecule has 94 valence electrons. The van der Waals surface area contributed by atoms with Gasteiger partial charge in [0.05, 0.1) is 20.1 Å². The highest BCUT2D eigenvalue weighted by atomic mass is 35.5. The van der Waals surface area contributed by atoms with Gasteiger partial charge in [-0.15, -0.1) is 0 Å². The average Bonchev–Trinajstić information content (AvgIpc) is 2.20. The van der Waals surface area contributed by atoms with Gasteiger partial charge in [0.1, 0.15) is 0 Å². The van der Waals surface area contributed by atoms with Crippen LogP contribution in [0.15, 0.2) is 24.3 Å². The molecule has 0 aromatic heterocycles. The first-order valence-electron chi connectivity index (χ1n) is 4.69. The van der Waals surface area contributed by atoms with Crippen molar-refractivity contribution in [2.45, 2.75) is 0 Å². The molecule has 0 N–H and O–H groups in total. The van der Waals surface area contributed by atoms with Crippen LogP contribution >= 0.6 is 69.6 Å². The van der Waals surface area contributed by atoms with Crippen LogP contribution in [0.4, 0.5) is 0 Å². The van der Waals surface area contributed by atoms with Crippen LogP contribution in [0.3, 0.4) is 0 Å². The van der Waals surface area contributed by atoms with Crippen molar-refractivity contribution in [3.8, 4) is 11.1 Å². The smallest absolute Gasteiger partial charge is 0.0515 e. The van der Waals surface area contributed by atoms with E-state index >= 15 is 0 Å². The van der Waals surface area contributed by atoms with Crippen LogP contribution in [0.2, 0.25) is 30.1 Å². The largest absolute Gasteiger partial charge is 0.0842 e. The Kier molecular flexibility index (Phi) is 4.59. The standard InChI is InChI=1S/C12H4Cl6/c13-5-1-7(15)11(8(16)2-5)12-9(17)3-6(14)4-10(12)18/h1-4H/i1+1,2+1,3+1,4+1,5+1,6+1,7+1,8+1,9+1,10+1,11+1,12+1. The first-order chi connectivity index (χ1) is 8.40. The van der Waals surface area contributed by atoms with Crippen LogP contribution in [-0.4, -0.2) is 0 Å². The molecule has 2 rings (SSSR count). The van der Waals surface area contributed by atoms with Gasteiger partial charge in [0.25, 0.3) is 0 Å². The zero-order valence-corrected chi connectivity index (χ0v) is 13.1. The van der Waals surface area contributed by atoms with Crippen molar-refractivity contribution in [2.75, 3.05) is 0 Å². The second kappa shape index (κ2) is 5.66. The van der Waals surface area contributed by atoms with E-state index in [2.05, 4.69) is 0 Å². The predicted octanol–water partition coefficient (Wildman–Crippen LogP) is 7.27. The van der Waals surface area contributed by atoms with Crippen LogP contribution < -0.4 is 0 Å². The zero-order chi connectivity index (χ0) is 13.4. The summed E-state index contributed by atoms with van der Waals surface area (Å²) in [6, 6.07) is 6.30. The molecule has 2 aromatic rings. The molecular formula is C12H4Cl6. The van der Waals surface area contributed by atoms with E-state index in [1.165, 1.54) is 0 Å². The lowest BCUT2D eigenvalue weighted by Crippen LogP contribution is -1.86. The lowest BCUT2D eigenvalue weighted by molar-refractivity contribution is 1.61. The summed E-state index contributed by atoms with van der Waals surface area (Å²) in [6.45, 7) is 0. The summed E-state index contributed by atoms with van der Waals surface area (Å²) in [7, 11) is 0. The van der Waals surface area contributed by atoms with Crippen molar-refractivity contribution in [2.24, 2.45) is 0 Å². The molecule has 2 aromatic carbocycles. The molecule has 0 spiro atoms. The molecule has 0 fully saturated rings. The van der Waals surface area contributed by atoms with Crippen molar-refractivity contribution < 1.29 is 0 Å². The Bertz CT molecular complexity index is 518. The topological polar surface area (TPSA) is 0 Å². The second-order valence-electron chi connectivity index (χ2n) is 3.49. The van der Waals surface area contributed by atoms with Crippen molar-refractivity contribution in [1.82, 2.24) is 0 Å². The lowest BCUT2D eigenvalue weighted by Gasteiger charge is -2.12. The molecule has 0 bridgehead atoms. The van der Waals surface area contributed by atoms with Crippen molar-refractivity contribution in [3.05, 3.63) is 54.4 Å². The highest BCUT2D eigenvalue weighted by molar-refractivity contribution is 6.46. The SMILES string of the molecule is Cl[13c]1[13cH][13c](Cl)[13c](-[13c]2[13c](Cl)[13cH][13c](Cl)[13cH][13c]2Cl)[13c](Cl)[13cH]1. The third kappa shape index (κ3) is 2.85. The molecule has 0 saturated carbocycles. The molecule has 0 nitrogen and oxygen atoms in total. The Balaban J connectivity index is 2.78. The second-order valence-corrected chi connectivity index (χ2v) is 5.99. The van der Waals surface area contributed by atoms with Crippen molar-refractivity contribution in [1.29, 1.82) is 0 Å². The van der Waals surface area contributed by atoms with E-state index in [4.69, 9.17) is 69.6 Å². The third-order valence-electron chi connectivity index (χ3n) is 2.26. The fraction of sp³-hybridized carbons (Fsp3) is 0. The minimum Gasteiger partial charge on any atom is -0.0842 e. The summed E-state index contributed by atoms with van der Waals surface area (Å²) < 4.78 is 0. The maximum absolute atomic E-state index is 6.13. The highest BCUT2D eigenvalue weighted by Crippen LogP contribution is 2.44. The van der Waals surface area contributed by atoms with Gasteiger partial charge in [-0.1, -0.05) is 69.6 Å². The molecule has 0 unspecified atom stereocenters. The minimum atomic E-state index is 0.374. The lowest BCUT2D eigenvalue weighted by atomic mass is 11.0. The molecule has 0 atom stereocenters. The molecule has 0 aliphatic carbocycles. The molecule has 0 saturated heterocycles. The maximum atomic E-state index is 6.13. The van der Waals surface area contributed by atoms with Gasteiger partial charge in [0.2, 0.25) is 0 Å². The molecule has 0 heterocycles. The number of hydrogen-bond donors (Lipinski definition) is 0. The number of rotatable bonds is 1. The minimum absolute atomic E-state index is 0.374. The quantitative estimate of drug-likeness (QED) is 0.493. The van der Waals surface area contributed by atoms with Crippen LogP contribution in [-0.2, 0) is 0 Å². The van der Waals surface area contributed by atoms with Gasteiger partial charge in [0.15, 0.2) is 0 Å². The summed E-state index contributed by atoms with van der Waals surface area (Å²) in [5.41, 5.74) is 1.07. The summed E-state index contributed by atoms with van der Waals surface area (Å²) in [5, 5.41) is 2.37. The Morgan fingerprint density at radius 1 is 0.444 bits per heavy atom. The van der Waals surface area contributed by atoms with Crippen molar-refractivity contribution >= 4 is 69.6 Å². The molecule has 18 heavy (non-hydrogen) atoms. The molecule has 0 aliphatic heterocycles. The summed E-state index contributed by atoms with van der Waals surface area (Å²) in [6.07, 6.45) is 0. The Morgan fingerprint density at radius 3 is 0.889 bits per heavy atom. The highest BCUT2D eigenvalue weighted by Gasteiger charge is 2.17. The van der Waals surface area contributed by atoms with Crippen LogP contribution in [0, 0.1) is 0 Å². The molecule has 6 heteroatoms. The van der Waals surface area contributed by atoms with Gasteiger partial charge in [-0.05, 0) is 24.3 Å². The summed E-state index contributed by atoms with van der Waals surface area (Å²) in [5.74, 6) is 0. The molecule has 0 radical (unpaired) electrons. The van der Waals surface area contributed by atoms with Gasteiger partial charge >= 0.3 is 0 Å². The van der Waals surface area contributed by atoms with Gasteiger partial charge in [-0.25, -0.2) is 0 Å². The molecule has 0 amide bonds. The fourth-order valence-electron chi connectivity index (χ4n) is 1.56. The van der Waals surface area contributed by atoms with E-state index in [1.807, 2.05) is 0 Å². The van der Waals surface area contributed by atoms with Crippen LogP contribution in [0.1, 0.15) is 0 Å².